The van der Waals surface area contributed by atoms with Crippen LogP contribution in [0.1, 0.15) is 20.3 Å². The van der Waals surface area contributed by atoms with Crippen molar-refractivity contribution in [3.63, 3.8) is 0 Å². The van der Waals surface area contributed by atoms with Crippen LogP contribution in [0.4, 0.5) is 4.79 Å². The van der Waals surface area contributed by atoms with Crippen LogP contribution >= 0.6 is 0 Å². The van der Waals surface area contributed by atoms with E-state index in [2.05, 4.69) is 5.32 Å². The Kier molecular flexibility index (Phi) is 2.68. The van der Waals surface area contributed by atoms with Gasteiger partial charge in [0.2, 0.25) is 0 Å². The maximum absolute atomic E-state index is 11.8. The van der Waals surface area contributed by atoms with Crippen molar-refractivity contribution < 1.29 is 13.2 Å². The molecule has 2 rings (SSSR count). The Hall–Kier alpha value is -1.11. The van der Waals surface area contributed by atoms with E-state index in [1.807, 2.05) is 13.8 Å². The first-order valence-corrected chi connectivity index (χ1v) is 7.47. The molecule has 2 N–H and O–H groups in total. The molecule has 7 heteroatoms. The number of nitrogens with one attached hydrogen (secondary N) is 2. The molecule has 0 radical (unpaired) electrons. The number of nitrogens with zero attached hydrogens (tertiary/aromatic N) is 1. The highest BCUT2D eigenvalue weighted by atomic mass is 32.2. The van der Waals surface area contributed by atoms with Crippen LogP contribution < -0.4 is 5.32 Å². The van der Waals surface area contributed by atoms with E-state index in [9.17, 15) is 13.2 Å². The third kappa shape index (κ3) is 1.92. The summed E-state index contributed by atoms with van der Waals surface area (Å²) < 4.78 is 23.2. The summed E-state index contributed by atoms with van der Waals surface area (Å²) in [6.45, 7) is 4.41. The number of urea groups is 1. The Bertz CT molecular complexity index is 471. The molecule has 17 heavy (non-hydrogen) atoms. The van der Waals surface area contributed by atoms with Crippen LogP contribution in [0, 0.1) is 11.3 Å². The van der Waals surface area contributed by atoms with Gasteiger partial charge in [0, 0.05) is 6.54 Å². The van der Waals surface area contributed by atoms with E-state index in [4.69, 9.17) is 5.41 Å². The molecule has 6 nitrogen and oxygen atoms in total. The molecule has 0 aromatic carbocycles. The molecule has 1 atom stereocenters. The Morgan fingerprint density at radius 2 is 2.18 bits per heavy atom. The van der Waals surface area contributed by atoms with Gasteiger partial charge in [0.25, 0.3) is 0 Å². The number of carbonyl (C=O) groups is 1. The smallest absolute Gasteiger partial charge is 0.310 e. The minimum absolute atomic E-state index is 0.0317. The zero-order valence-corrected chi connectivity index (χ0v) is 10.8. The number of hydrogen-bond acceptors (Lipinski definition) is 4. The van der Waals surface area contributed by atoms with Gasteiger partial charge < -0.3 is 4.90 Å². The molecule has 2 heterocycles. The monoisotopic (exact) mass is 259 g/mol. The molecule has 0 bridgehead atoms. The summed E-state index contributed by atoms with van der Waals surface area (Å²) in [5.74, 6) is 0.208. The van der Waals surface area contributed by atoms with Crippen LogP contribution in [0.2, 0.25) is 0 Å². The van der Waals surface area contributed by atoms with Crippen molar-refractivity contribution in [3.05, 3.63) is 0 Å². The fourth-order valence-corrected chi connectivity index (χ4v) is 4.45. The molecule has 1 spiro atoms. The molecule has 2 aliphatic rings. The van der Waals surface area contributed by atoms with Crippen molar-refractivity contribution in [3.8, 4) is 0 Å². The van der Waals surface area contributed by atoms with Crippen molar-refractivity contribution >= 4 is 21.7 Å². The summed E-state index contributed by atoms with van der Waals surface area (Å²) >= 11 is 0. The van der Waals surface area contributed by atoms with E-state index in [1.54, 1.807) is 0 Å². The summed E-state index contributed by atoms with van der Waals surface area (Å²) in [4.78, 5) is 13.3. The Morgan fingerprint density at radius 3 is 2.65 bits per heavy atom. The highest BCUT2D eigenvalue weighted by molar-refractivity contribution is 7.91. The van der Waals surface area contributed by atoms with E-state index >= 15 is 0 Å². The normalized spacial score (nSPS) is 31.6. The molecule has 0 saturated carbocycles. The maximum atomic E-state index is 11.8. The summed E-state index contributed by atoms with van der Waals surface area (Å²) in [5, 5.41) is 10.3. The molecule has 1 unspecified atom stereocenters. The van der Waals surface area contributed by atoms with E-state index in [0.717, 1.165) is 0 Å². The minimum Gasteiger partial charge on any atom is -0.310 e. The number of rotatable bonds is 2. The van der Waals surface area contributed by atoms with Gasteiger partial charge in [-0.1, -0.05) is 13.8 Å². The predicted molar refractivity (Wildman–Crippen MR) is 63.8 cm³/mol. The van der Waals surface area contributed by atoms with Crippen molar-refractivity contribution in [1.82, 2.24) is 10.2 Å². The Morgan fingerprint density at radius 1 is 1.53 bits per heavy atom. The zero-order chi connectivity index (χ0) is 12.8. The highest BCUT2D eigenvalue weighted by Crippen LogP contribution is 2.34. The van der Waals surface area contributed by atoms with Crippen molar-refractivity contribution in [2.75, 3.05) is 18.1 Å². The molecule has 96 valence electrons. The van der Waals surface area contributed by atoms with Crippen LogP contribution in [0.3, 0.4) is 0 Å². The van der Waals surface area contributed by atoms with E-state index < -0.39 is 15.4 Å². The second-order valence-electron chi connectivity index (χ2n) is 5.18. The minimum atomic E-state index is -3.14. The molecule has 2 saturated heterocycles. The van der Waals surface area contributed by atoms with Gasteiger partial charge in [-0.05, 0) is 12.3 Å². The van der Waals surface area contributed by atoms with Crippen LogP contribution in [-0.2, 0) is 9.84 Å². The van der Waals surface area contributed by atoms with Crippen molar-refractivity contribution in [2.45, 2.75) is 25.8 Å². The molecule has 0 aliphatic carbocycles. The van der Waals surface area contributed by atoms with Crippen LogP contribution in [0.5, 0.6) is 0 Å². The molecular weight excluding hydrogens is 242 g/mol. The molecule has 0 aromatic heterocycles. The number of hydrogen-bond donors (Lipinski definition) is 2. The lowest BCUT2D eigenvalue weighted by Crippen LogP contribution is -2.51. The topological polar surface area (TPSA) is 90.3 Å². The number of amides is 2. The van der Waals surface area contributed by atoms with Gasteiger partial charge in [-0.25, -0.2) is 13.2 Å². The second-order valence-corrected chi connectivity index (χ2v) is 7.37. The molecule has 2 aliphatic heterocycles. The molecular formula is C10H17N3O3S. The first-order valence-electron chi connectivity index (χ1n) is 5.65. The number of carbonyl (C=O) groups excluding carboxylic acids is 1. The number of sulfone groups is 1. The fourth-order valence-electron chi connectivity index (χ4n) is 2.49. The standard InChI is InChI=1S/C10H17N3O3S/c1-7(2)5-13-9(14)12-8(11)10(13)3-4-17(15,16)6-10/h7H,3-6H2,1-2H3,(H2,11,12,14). The van der Waals surface area contributed by atoms with Gasteiger partial charge in [-0.3, -0.25) is 10.7 Å². The summed E-state index contributed by atoms with van der Waals surface area (Å²) in [5.41, 5.74) is -0.930. The van der Waals surface area contributed by atoms with Gasteiger partial charge in [0.15, 0.2) is 9.84 Å². The first-order chi connectivity index (χ1) is 7.77. The van der Waals surface area contributed by atoms with Gasteiger partial charge in [-0.15, -0.1) is 0 Å². The van der Waals surface area contributed by atoms with Gasteiger partial charge in [0.05, 0.1) is 11.5 Å². The first kappa shape index (κ1) is 12.3. The van der Waals surface area contributed by atoms with E-state index in [0.29, 0.717) is 13.0 Å². The van der Waals surface area contributed by atoms with E-state index in [-0.39, 0.29) is 29.3 Å². The number of amidine groups is 1. The van der Waals surface area contributed by atoms with Crippen molar-refractivity contribution in [1.29, 1.82) is 5.41 Å². The third-order valence-corrected chi connectivity index (χ3v) is 5.04. The van der Waals surface area contributed by atoms with Crippen LogP contribution in [0.15, 0.2) is 0 Å². The SMILES string of the molecule is CC(C)CN1C(=O)NC(=N)C12CCS(=O)(=O)C2. The lowest BCUT2D eigenvalue weighted by Gasteiger charge is -2.32. The predicted octanol–water partition coefficient (Wildman–Crippen LogP) is 0.202. The van der Waals surface area contributed by atoms with Gasteiger partial charge in [-0.2, -0.15) is 0 Å². The summed E-state index contributed by atoms with van der Waals surface area (Å²) in [6.07, 6.45) is 0.333. The average Bonchev–Trinajstić information content (AvgIpc) is 2.60. The Balaban J connectivity index is 2.36. The van der Waals surface area contributed by atoms with Crippen LogP contribution in [-0.4, -0.2) is 48.8 Å². The van der Waals surface area contributed by atoms with Gasteiger partial charge >= 0.3 is 6.03 Å². The van der Waals surface area contributed by atoms with E-state index in [1.165, 1.54) is 4.90 Å². The zero-order valence-electron chi connectivity index (χ0n) is 9.99. The second kappa shape index (κ2) is 3.69. The maximum Gasteiger partial charge on any atom is 0.323 e. The fraction of sp³-hybridized carbons (Fsp3) is 0.800. The molecule has 2 fully saturated rings. The lowest BCUT2D eigenvalue weighted by atomic mass is 9.96. The molecule has 0 aromatic rings. The average molecular weight is 259 g/mol. The molecule has 2 amide bonds. The summed E-state index contributed by atoms with van der Waals surface area (Å²) in [7, 11) is -3.14. The Labute approximate surface area is 101 Å². The van der Waals surface area contributed by atoms with Crippen LogP contribution in [0.25, 0.3) is 0 Å². The van der Waals surface area contributed by atoms with Gasteiger partial charge in [0.1, 0.15) is 11.4 Å². The largest absolute Gasteiger partial charge is 0.323 e. The lowest BCUT2D eigenvalue weighted by molar-refractivity contribution is 0.172. The highest BCUT2D eigenvalue weighted by Gasteiger charge is 2.56. The quantitative estimate of drug-likeness (QED) is 0.742. The van der Waals surface area contributed by atoms with Crippen molar-refractivity contribution in [2.24, 2.45) is 5.92 Å². The third-order valence-electron chi connectivity index (χ3n) is 3.29. The summed E-state index contributed by atoms with van der Waals surface area (Å²) in [6, 6.07) is -0.346.